The van der Waals surface area contributed by atoms with Crippen LogP contribution in [0.3, 0.4) is 0 Å². The molecule has 1 aliphatic rings. The Morgan fingerprint density at radius 1 is 1.11 bits per heavy atom. The van der Waals surface area contributed by atoms with Crippen molar-refractivity contribution in [3.8, 4) is 23.6 Å². The van der Waals surface area contributed by atoms with Gasteiger partial charge in [0.25, 0.3) is 0 Å². The van der Waals surface area contributed by atoms with Crippen LogP contribution in [-0.2, 0) is 6.42 Å². The van der Waals surface area contributed by atoms with E-state index in [4.69, 9.17) is 20.0 Å². The molecule has 1 aromatic carbocycles. The second-order valence-corrected chi connectivity index (χ2v) is 4.29. The molecule has 0 unspecified atom stereocenters. The lowest BCUT2D eigenvalue weighted by atomic mass is 9.84. The van der Waals surface area contributed by atoms with Gasteiger partial charge in [-0.25, -0.2) is 0 Å². The number of rotatable bonds is 2. The molecule has 0 bridgehead atoms. The number of benzene rings is 1. The van der Waals surface area contributed by atoms with E-state index in [1.165, 1.54) is 0 Å². The summed E-state index contributed by atoms with van der Waals surface area (Å²) in [6.45, 7) is 0. The first-order valence-electron chi connectivity index (χ1n) is 6.03. The molecule has 0 saturated carbocycles. The second-order valence-electron chi connectivity index (χ2n) is 4.29. The van der Waals surface area contributed by atoms with Crippen LogP contribution in [0.25, 0.3) is 5.57 Å². The predicted octanol–water partition coefficient (Wildman–Crippen LogP) is 2.84. The predicted molar refractivity (Wildman–Crippen MR) is 70.6 cm³/mol. The van der Waals surface area contributed by atoms with Crippen molar-refractivity contribution in [3.63, 3.8) is 0 Å². The van der Waals surface area contributed by atoms with Crippen LogP contribution in [0.2, 0.25) is 0 Å². The fraction of sp³-hybridized carbons (Fsp3) is 0.333. The molecule has 0 aliphatic heterocycles. The Labute approximate surface area is 112 Å². The summed E-state index contributed by atoms with van der Waals surface area (Å²) >= 11 is 0. The molecule has 4 nitrogen and oxygen atoms in total. The van der Waals surface area contributed by atoms with Crippen LogP contribution in [0.5, 0.6) is 11.5 Å². The molecule has 0 heterocycles. The molecule has 2 rings (SSSR count). The summed E-state index contributed by atoms with van der Waals surface area (Å²) < 4.78 is 10.6. The molecule has 0 atom stereocenters. The highest BCUT2D eigenvalue weighted by Gasteiger charge is 2.22. The van der Waals surface area contributed by atoms with Gasteiger partial charge in [0.05, 0.1) is 14.2 Å². The van der Waals surface area contributed by atoms with Crippen molar-refractivity contribution in [3.05, 3.63) is 28.8 Å². The first-order valence-corrected chi connectivity index (χ1v) is 6.03. The van der Waals surface area contributed by atoms with Crippen molar-refractivity contribution in [2.45, 2.75) is 19.3 Å². The van der Waals surface area contributed by atoms with Gasteiger partial charge in [-0.1, -0.05) is 0 Å². The van der Waals surface area contributed by atoms with E-state index in [0.717, 1.165) is 41.7 Å². The van der Waals surface area contributed by atoms with Gasteiger partial charge in [0, 0.05) is 11.6 Å². The summed E-state index contributed by atoms with van der Waals surface area (Å²) in [7, 11) is 3.20. The Kier molecular flexibility index (Phi) is 3.73. The van der Waals surface area contributed by atoms with Gasteiger partial charge in [0.2, 0.25) is 0 Å². The fourth-order valence-electron chi connectivity index (χ4n) is 2.44. The van der Waals surface area contributed by atoms with Gasteiger partial charge in [-0.2, -0.15) is 10.5 Å². The van der Waals surface area contributed by atoms with Gasteiger partial charge >= 0.3 is 0 Å². The van der Waals surface area contributed by atoms with E-state index in [0.29, 0.717) is 5.75 Å². The maximum atomic E-state index is 9.06. The van der Waals surface area contributed by atoms with E-state index in [1.54, 1.807) is 14.2 Å². The summed E-state index contributed by atoms with van der Waals surface area (Å²) in [5, 5.41) is 18.1. The van der Waals surface area contributed by atoms with Crippen LogP contribution < -0.4 is 9.47 Å². The van der Waals surface area contributed by atoms with Crippen molar-refractivity contribution in [1.82, 2.24) is 0 Å². The maximum absolute atomic E-state index is 9.06. The lowest BCUT2D eigenvalue weighted by Crippen LogP contribution is -2.06. The van der Waals surface area contributed by atoms with Crippen LogP contribution >= 0.6 is 0 Å². The third kappa shape index (κ3) is 2.26. The number of nitriles is 2. The summed E-state index contributed by atoms with van der Waals surface area (Å²) in [6.07, 6.45) is 2.54. The molecule has 0 radical (unpaired) electrons. The van der Waals surface area contributed by atoms with E-state index in [2.05, 4.69) is 0 Å². The van der Waals surface area contributed by atoms with Crippen molar-refractivity contribution in [2.24, 2.45) is 0 Å². The molecule has 4 heteroatoms. The first-order chi connectivity index (χ1) is 9.24. The van der Waals surface area contributed by atoms with E-state index in [-0.39, 0.29) is 5.57 Å². The van der Waals surface area contributed by atoms with Crippen LogP contribution in [-0.4, -0.2) is 14.2 Å². The minimum atomic E-state index is 0.177. The third-order valence-corrected chi connectivity index (χ3v) is 3.34. The second kappa shape index (κ2) is 5.46. The lowest BCUT2D eigenvalue weighted by Gasteiger charge is -2.22. The van der Waals surface area contributed by atoms with Gasteiger partial charge in [-0.05, 0) is 36.5 Å². The standard InChI is InChI=1S/C15H14N2O2/c1-18-11-6-14-12(10(8-16)9-17)4-3-5-13(14)15(7-11)19-2/h6-7H,3-5H2,1-2H3. The van der Waals surface area contributed by atoms with Gasteiger partial charge in [0.1, 0.15) is 29.2 Å². The SMILES string of the molecule is COc1cc(OC)c2c(c1)C(=C(C#N)C#N)CCC2. The highest BCUT2D eigenvalue weighted by Crippen LogP contribution is 2.40. The Bertz CT molecular complexity index is 602. The number of ether oxygens (including phenoxy) is 2. The minimum absolute atomic E-state index is 0.177. The smallest absolute Gasteiger partial charge is 0.133 e. The van der Waals surface area contributed by atoms with Crippen LogP contribution in [0.15, 0.2) is 17.7 Å². The van der Waals surface area contributed by atoms with Gasteiger partial charge < -0.3 is 9.47 Å². The molecule has 0 aromatic heterocycles. The van der Waals surface area contributed by atoms with Crippen LogP contribution in [0.4, 0.5) is 0 Å². The minimum Gasteiger partial charge on any atom is -0.497 e. The van der Waals surface area contributed by atoms with Gasteiger partial charge in [-0.3, -0.25) is 0 Å². The molecule has 0 N–H and O–H groups in total. The molecule has 0 saturated heterocycles. The van der Waals surface area contributed by atoms with Crippen molar-refractivity contribution in [2.75, 3.05) is 14.2 Å². The van der Waals surface area contributed by atoms with Crippen LogP contribution in [0.1, 0.15) is 24.0 Å². The average molecular weight is 254 g/mol. The van der Waals surface area contributed by atoms with E-state index >= 15 is 0 Å². The molecule has 1 aliphatic carbocycles. The van der Waals surface area contributed by atoms with E-state index in [9.17, 15) is 0 Å². The highest BCUT2D eigenvalue weighted by atomic mass is 16.5. The van der Waals surface area contributed by atoms with Crippen LogP contribution in [0, 0.1) is 22.7 Å². The number of hydrogen-bond acceptors (Lipinski definition) is 4. The average Bonchev–Trinajstić information content (AvgIpc) is 2.47. The monoisotopic (exact) mass is 254 g/mol. The Balaban J connectivity index is 2.72. The van der Waals surface area contributed by atoms with Gasteiger partial charge in [0.15, 0.2) is 0 Å². The molecule has 1 aromatic rings. The van der Waals surface area contributed by atoms with Crippen molar-refractivity contribution < 1.29 is 9.47 Å². The first kappa shape index (κ1) is 13.0. The Morgan fingerprint density at radius 3 is 2.42 bits per heavy atom. The Hall–Kier alpha value is -2.46. The molecule has 0 amide bonds. The zero-order chi connectivity index (χ0) is 13.8. The summed E-state index contributed by atoms with van der Waals surface area (Å²) in [5.41, 5.74) is 2.92. The zero-order valence-electron chi connectivity index (χ0n) is 11.0. The third-order valence-electron chi connectivity index (χ3n) is 3.34. The quantitative estimate of drug-likeness (QED) is 0.761. The maximum Gasteiger partial charge on any atom is 0.133 e. The van der Waals surface area contributed by atoms with E-state index < -0.39 is 0 Å². The van der Waals surface area contributed by atoms with Crippen molar-refractivity contribution in [1.29, 1.82) is 10.5 Å². The Morgan fingerprint density at radius 2 is 1.84 bits per heavy atom. The number of fused-ring (bicyclic) bond motifs is 1. The number of allylic oxidation sites excluding steroid dienone is 2. The summed E-state index contributed by atoms with van der Waals surface area (Å²) in [5.74, 6) is 1.42. The molecule has 19 heavy (non-hydrogen) atoms. The largest absolute Gasteiger partial charge is 0.497 e. The van der Waals surface area contributed by atoms with Gasteiger partial charge in [-0.15, -0.1) is 0 Å². The summed E-state index contributed by atoms with van der Waals surface area (Å²) in [4.78, 5) is 0. The lowest BCUT2D eigenvalue weighted by molar-refractivity contribution is 0.390. The molecular formula is C15H14N2O2. The number of hydrogen-bond donors (Lipinski definition) is 0. The van der Waals surface area contributed by atoms with Crippen molar-refractivity contribution >= 4 is 5.57 Å². The normalized spacial score (nSPS) is 12.9. The fourth-order valence-corrected chi connectivity index (χ4v) is 2.44. The number of nitrogens with zero attached hydrogens (tertiary/aromatic N) is 2. The molecule has 0 fully saturated rings. The summed E-state index contributed by atoms with van der Waals surface area (Å²) in [6, 6.07) is 7.66. The molecular weight excluding hydrogens is 240 g/mol. The zero-order valence-corrected chi connectivity index (χ0v) is 11.0. The highest BCUT2D eigenvalue weighted by molar-refractivity contribution is 5.80. The number of methoxy groups -OCH3 is 2. The topological polar surface area (TPSA) is 66.0 Å². The molecule has 96 valence electrons. The molecule has 0 spiro atoms. The van der Waals surface area contributed by atoms with E-state index in [1.807, 2.05) is 24.3 Å².